The van der Waals surface area contributed by atoms with Gasteiger partial charge >= 0.3 is 0 Å². The first-order chi connectivity index (χ1) is 6.25. The van der Waals surface area contributed by atoms with E-state index in [-0.39, 0.29) is 0 Å². The Morgan fingerprint density at radius 3 is 0.800 bits per heavy atom. The fourth-order valence-electron chi connectivity index (χ4n) is 3.63. The van der Waals surface area contributed by atoms with Gasteiger partial charge in [0.25, 0.3) is 0 Å². The van der Waals surface area contributed by atoms with Crippen LogP contribution in [0.3, 0.4) is 0 Å². The molecular weight excluding hydrogens is 199 g/mol. The van der Waals surface area contributed by atoms with E-state index in [4.69, 9.17) is 0 Å². The Bertz CT molecular complexity index is 190. The predicted molar refractivity (Wildman–Crippen MR) is 74.5 cm³/mol. The van der Waals surface area contributed by atoms with Crippen LogP contribution in [0.15, 0.2) is 0 Å². The highest BCUT2D eigenvalue weighted by atomic mass is 31.2. The first kappa shape index (κ1) is 13.5. The van der Waals surface area contributed by atoms with Gasteiger partial charge in [0.15, 0.2) is 0 Å². The molecule has 0 N–H and O–H groups in total. The van der Waals surface area contributed by atoms with Gasteiger partial charge in [-0.3, -0.25) is 0 Å². The Balaban J connectivity index is 3.55. The molecule has 0 atom stereocenters. The summed E-state index contributed by atoms with van der Waals surface area (Å²) in [6, 6.07) is 0. The summed E-state index contributed by atoms with van der Waals surface area (Å²) >= 11 is 0. The molecule has 1 heteroatoms. The lowest BCUT2D eigenvalue weighted by Gasteiger charge is -2.43. The van der Waals surface area contributed by atoms with Crippen LogP contribution in [-0.4, -0.2) is 23.6 Å². The monoisotopic (exact) mass is 229 g/mol. The van der Waals surface area contributed by atoms with Gasteiger partial charge in [-0.25, -0.2) is 0 Å². The number of hydrogen-bond donors (Lipinski definition) is 0. The quantitative estimate of drug-likeness (QED) is 0.519. The number of rotatable bonds is 0. The lowest BCUT2D eigenvalue weighted by Crippen LogP contribution is -2.45. The van der Waals surface area contributed by atoms with Crippen molar-refractivity contribution in [2.45, 2.75) is 65.7 Å². The maximum absolute atomic E-state index is 2.56. The molecule has 1 aliphatic heterocycles. The summed E-state index contributed by atoms with van der Waals surface area (Å²) in [6.45, 7) is 25.0. The molecule has 0 aliphatic carbocycles. The summed E-state index contributed by atoms with van der Waals surface area (Å²) in [7, 11) is -0.942. The van der Waals surface area contributed by atoms with Crippen molar-refractivity contribution < 1.29 is 0 Å². The maximum Gasteiger partial charge on any atom is 0.0800 e. The highest BCUT2D eigenvalue weighted by Gasteiger charge is 2.77. The van der Waals surface area contributed by atoms with Crippen molar-refractivity contribution in [1.82, 2.24) is 0 Å². The van der Waals surface area contributed by atoms with Crippen LogP contribution in [0.4, 0.5) is 0 Å². The molecule has 0 aromatic carbocycles. The van der Waals surface area contributed by atoms with Gasteiger partial charge in [-0.1, -0.05) is 27.7 Å². The minimum Gasteiger partial charge on any atom is -0.0552 e. The molecule has 0 spiro atoms. The van der Waals surface area contributed by atoms with E-state index >= 15 is 0 Å². The first-order valence-electron chi connectivity index (χ1n) is 6.09. The van der Waals surface area contributed by atoms with Gasteiger partial charge in [0.2, 0.25) is 0 Å². The maximum atomic E-state index is 2.56. The summed E-state index contributed by atoms with van der Waals surface area (Å²) in [5, 5.41) is 0.931. The zero-order valence-electron chi connectivity index (χ0n) is 12.4. The van der Waals surface area contributed by atoms with Crippen LogP contribution in [0.25, 0.3) is 0 Å². The molecular formula is C14H30P+. The smallest absolute Gasteiger partial charge is 0.0552 e. The first-order valence-corrected chi connectivity index (χ1v) is 8.77. The Labute approximate surface area is 97.6 Å². The second kappa shape index (κ2) is 2.81. The van der Waals surface area contributed by atoms with Gasteiger partial charge in [-0.15, -0.1) is 0 Å². The standard InChI is InChI=1S/C14H30P/c1-11(2)12(3,4)14(7,8)15(9,10)13(11,5)6/h1-10H3/q+1. The molecule has 0 unspecified atom stereocenters. The molecule has 1 fully saturated rings. The van der Waals surface area contributed by atoms with E-state index in [0.717, 1.165) is 0 Å². The normalized spacial score (nSPS) is 34.0. The molecule has 1 heterocycles. The Morgan fingerprint density at radius 2 is 0.733 bits per heavy atom. The van der Waals surface area contributed by atoms with Crippen LogP contribution in [0.5, 0.6) is 0 Å². The molecule has 90 valence electrons. The Morgan fingerprint density at radius 1 is 0.533 bits per heavy atom. The molecule has 1 rings (SSSR count). The lowest BCUT2D eigenvalue weighted by molar-refractivity contribution is 0.0698. The summed E-state index contributed by atoms with van der Waals surface area (Å²) in [6.07, 6.45) is 0. The van der Waals surface area contributed by atoms with Crippen LogP contribution in [0.1, 0.15) is 55.4 Å². The molecule has 0 radical (unpaired) electrons. The minimum absolute atomic E-state index is 0.404. The SMILES string of the molecule is CC1(C)C(C)(C)C(C)(C)[P+](C)(C)C1(C)C. The van der Waals surface area contributed by atoms with Gasteiger partial charge in [-0.2, -0.15) is 0 Å². The third-order valence-corrected chi connectivity index (χ3v) is 14.1. The second-order valence-electron chi connectivity index (χ2n) is 7.82. The van der Waals surface area contributed by atoms with E-state index in [1.807, 2.05) is 0 Å². The van der Waals surface area contributed by atoms with Crippen molar-refractivity contribution in [3.8, 4) is 0 Å². The summed E-state index contributed by atoms with van der Waals surface area (Å²) in [5.41, 5.74) is 0.807. The molecule has 0 saturated carbocycles. The van der Waals surface area contributed by atoms with Gasteiger partial charge < -0.3 is 0 Å². The topological polar surface area (TPSA) is 0 Å². The van der Waals surface area contributed by atoms with Gasteiger partial charge in [0.05, 0.1) is 10.3 Å². The fraction of sp³-hybridized carbons (Fsp3) is 1.00. The highest BCUT2D eigenvalue weighted by molar-refractivity contribution is 7.77. The molecule has 0 nitrogen and oxygen atoms in total. The molecule has 15 heavy (non-hydrogen) atoms. The molecule has 0 aromatic rings. The van der Waals surface area contributed by atoms with Gasteiger partial charge in [0, 0.05) is 31.4 Å². The van der Waals surface area contributed by atoms with Crippen molar-refractivity contribution >= 4 is 7.26 Å². The third kappa shape index (κ3) is 1.08. The van der Waals surface area contributed by atoms with Crippen LogP contribution < -0.4 is 0 Å². The Kier molecular flexibility index (Phi) is 2.53. The van der Waals surface area contributed by atoms with Crippen LogP contribution in [0.2, 0.25) is 0 Å². The van der Waals surface area contributed by atoms with Crippen molar-refractivity contribution in [3.63, 3.8) is 0 Å². The molecule has 1 aliphatic rings. The van der Waals surface area contributed by atoms with E-state index in [1.165, 1.54) is 0 Å². The van der Waals surface area contributed by atoms with Gasteiger partial charge in [-0.05, 0) is 27.7 Å². The zero-order chi connectivity index (χ0) is 12.5. The van der Waals surface area contributed by atoms with E-state index in [1.54, 1.807) is 0 Å². The average Bonchev–Trinajstić information content (AvgIpc) is 2.04. The predicted octanol–water partition coefficient (Wildman–Crippen LogP) is 4.89. The van der Waals surface area contributed by atoms with E-state index in [9.17, 15) is 0 Å². The molecule has 0 amide bonds. The van der Waals surface area contributed by atoms with Crippen LogP contribution >= 0.6 is 7.26 Å². The van der Waals surface area contributed by atoms with Crippen LogP contribution in [0, 0.1) is 10.8 Å². The lowest BCUT2D eigenvalue weighted by atomic mass is 9.57. The summed E-state index contributed by atoms with van der Waals surface area (Å²) < 4.78 is 0. The molecule has 1 saturated heterocycles. The fourth-order valence-corrected chi connectivity index (χ4v) is 8.38. The van der Waals surface area contributed by atoms with Crippen molar-refractivity contribution in [2.24, 2.45) is 10.8 Å². The molecule has 0 bridgehead atoms. The summed E-state index contributed by atoms with van der Waals surface area (Å²) in [4.78, 5) is 0. The third-order valence-electron chi connectivity index (χ3n) is 7.42. The van der Waals surface area contributed by atoms with Crippen molar-refractivity contribution in [2.75, 3.05) is 13.3 Å². The van der Waals surface area contributed by atoms with Crippen molar-refractivity contribution in [1.29, 1.82) is 0 Å². The Hall–Kier alpha value is 0.430. The summed E-state index contributed by atoms with van der Waals surface area (Å²) in [5.74, 6) is 0. The zero-order valence-corrected chi connectivity index (χ0v) is 13.3. The van der Waals surface area contributed by atoms with Gasteiger partial charge in [0.1, 0.15) is 0 Å². The van der Waals surface area contributed by atoms with E-state index in [2.05, 4.69) is 68.7 Å². The van der Waals surface area contributed by atoms with Crippen LogP contribution in [-0.2, 0) is 0 Å². The second-order valence-corrected chi connectivity index (χ2v) is 13.0. The van der Waals surface area contributed by atoms with E-state index < -0.39 is 7.26 Å². The largest absolute Gasteiger partial charge is 0.0800 e. The van der Waals surface area contributed by atoms with Crippen molar-refractivity contribution in [3.05, 3.63) is 0 Å². The van der Waals surface area contributed by atoms with E-state index in [0.29, 0.717) is 21.1 Å². The highest BCUT2D eigenvalue weighted by Crippen LogP contribution is 2.88. The minimum atomic E-state index is -0.942. The average molecular weight is 229 g/mol. The number of hydrogen-bond acceptors (Lipinski definition) is 0. The molecule has 0 aromatic heterocycles.